The molecule has 0 aliphatic carbocycles. The van der Waals surface area contributed by atoms with Crippen LogP contribution in [0.25, 0.3) is 0 Å². The number of ether oxygens (including phenoxy) is 1. The fourth-order valence-electron chi connectivity index (χ4n) is 1.60. The molecule has 1 atom stereocenters. The molecule has 0 radical (unpaired) electrons. The van der Waals surface area contributed by atoms with Crippen molar-refractivity contribution in [2.45, 2.75) is 52.8 Å². The Labute approximate surface area is 126 Å². The molecule has 0 saturated heterocycles. The number of benzene rings is 1. The minimum absolute atomic E-state index is 0.249. The van der Waals surface area contributed by atoms with E-state index in [2.05, 4.69) is 10.6 Å². The predicted molar refractivity (Wildman–Crippen MR) is 81.9 cm³/mol. The zero-order valence-electron chi connectivity index (χ0n) is 13.3. The highest BCUT2D eigenvalue weighted by Gasteiger charge is 2.20. The van der Waals surface area contributed by atoms with Crippen LogP contribution in [-0.2, 0) is 16.1 Å². The quantitative estimate of drug-likeness (QED) is 0.896. The molecular formula is C16H24N2O3. The molecule has 5 nitrogen and oxygen atoms in total. The molecule has 5 heteroatoms. The first-order chi connectivity index (χ1) is 9.67. The lowest BCUT2D eigenvalue weighted by molar-refractivity contribution is -0.122. The Morgan fingerprint density at radius 1 is 1.19 bits per heavy atom. The Morgan fingerprint density at radius 2 is 1.76 bits per heavy atom. The van der Waals surface area contributed by atoms with Gasteiger partial charge in [-0.05, 0) is 40.2 Å². The molecule has 0 saturated carbocycles. The van der Waals surface area contributed by atoms with Gasteiger partial charge in [-0.25, -0.2) is 4.79 Å². The van der Waals surface area contributed by atoms with Gasteiger partial charge in [-0.3, -0.25) is 4.79 Å². The van der Waals surface area contributed by atoms with E-state index < -0.39 is 17.7 Å². The van der Waals surface area contributed by atoms with Gasteiger partial charge >= 0.3 is 6.09 Å². The standard InChI is InChI=1S/C16H24N2O3/c1-11-6-8-13(9-7-11)10-17-14(19)12(2)18-15(20)21-16(3,4)5/h6-9,12H,10H2,1-5H3,(H,17,19)(H,18,20). The number of hydrogen-bond donors (Lipinski definition) is 2. The van der Waals surface area contributed by atoms with E-state index in [-0.39, 0.29) is 5.91 Å². The summed E-state index contributed by atoms with van der Waals surface area (Å²) in [7, 11) is 0. The molecule has 116 valence electrons. The third-order valence-corrected chi connectivity index (χ3v) is 2.71. The first kappa shape index (κ1) is 17.0. The average molecular weight is 292 g/mol. The summed E-state index contributed by atoms with van der Waals surface area (Å²) < 4.78 is 5.10. The second-order valence-corrected chi connectivity index (χ2v) is 6.07. The van der Waals surface area contributed by atoms with Crippen LogP contribution in [0.3, 0.4) is 0 Å². The van der Waals surface area contributed by atoms with Crippen LogP contribution >= 0.6 is 0 Å². The molecule has 1 aromatic carbocycles. The normalized spacial score (nSPS) is 12.4. The smallest absolute Gasteiger partial charge is 0.408 e. The summed E-state index contributed by atoms with van der Waals surface area (Å²) >= 11 is 0. The zero-order chi connectivity index (χ0) is 16.0. The average Bonchev–Trinajstić information content (AvgIpc) is 2.35. The number of rotatable bonds is 4. The molecule has 1 unspecified atom stereocenters. The van der Waals surface area contributed by atoms with Crippen molar-refractivity contribution in [3.8, 4) is 0 Å². The summed E-state index contributed by atoms with van der Waals surface area (Å²) in [5, 5.41) is 5.29. The van der Waals surface area contributed by atoms with Gasteiger partial charge in [-0.15, -0.1) is 0 Å². The van der Waals surface area contributed by atoms with E-state index in [1.54, 1.807) is 27.7 Å². The van der Waals surface area contributed by atoms with Crippen LogP contribution in [0.4, 0.5) is 4.79 Å². The minimum atomic E-state index is -0.648. The van der Waals surface area contributed by atoms with Crippen molar-refractivity contribution >= 4 is 12.0 Å². The predicted octanol–water partition coefficient (Wildman–Crippen LogP) is 2.52. The monoisotopic (exact) mass is 292 g/mol. The SMILES string of the molecule is Cc1ccc(CNC(=O)C(C)NC(=O)OC(C)(C)C)cc1. The van der Waals surface area contributed by atoms with Crippen molar-refractivity contribution in [1.82, 2.24) is 10.6 Å². The lowest BCUT2D eigenvalue weighted by Crippen LogP contribution is -2.46. The molecule has 1 aromatic rings. The third-order valence-electron chi connectivity index (χ3n) is 2.71. The van der Waals surface area contributed by atoms with E-state index in [1.807, 2.05) is 31.2 Å². The number of nitrogens with one attached hydrogen (secondary N) is 2. The molecule has 2 N–H and O–H groups in total. The number of amides is 2. The van der Waals surface area contributed by atoms with Crippen molar-refractivity contribution < 1.29 is 14.3 Å². The topological polar surface area (TPSA) is 67.4 Å². The Balaban J connectivity index is 2.40. The van der Waals surface area contributed by atoms with E-state index in [4.69, 9.17) is 4.74 Å². The number of carbonyl (C=O) groups is 2. The summed E-state index contributed by atoms with van der Waals surface area (Å²) in [6.07, 6.45) is -0.597. The highest BCUT2D eigenvalue weighted by molar-refractivity contribution is 5.85. The van der Waals surface area contributed by atoms with Gasteiger partial charge in [0.05, 0.1) is 0 Å². The van der Waals surface area contributed by atoms with Crippen molar-refractivity contribution in [3.05, 3.63) is 35.4 Å². The fraction of sp³-hybridized carbons (Fsp3) is 0.500. The lowest BCUT2D eigenvalue weighted by Gasteiger charge is -2.21. The molecule has 0 aliphatic heterocycles. The fourth-order valence-corrected chi connectivity index (χ4v) is 1.60. The first-order valence-electron chi connectivity index (χ1n) is 7.00. The van der Waals surface area contributed by atoms with Crippen LogP contribution in [0, 0.1) is 6.92 Å². The number of aryl methyl sites for hydroxylation is 1. The second-order valence-electron chi connectivity index (χ2n) is 6.07. The molecule has 0 bridgehead atoms. The molecule has 0 aromatic heterocycles. The van der Waals surface area contributed by atoms with E-state index in [0.717, 1.165) is 5.56 Å². The first-order valence-corrected chi connectivity index (χ1v) is 7.00. The van der Waals surface area contributed by atoms with Crippen molar-refractivity contribution in [3.63, 3.8) is 0 Å². The maximum Gasteiger partial charge on any atom is 0.408 e. The van der Waals surface area contributed by atoms with Gasteiger partial charge in [-0.1, -0.05) is 29.8 Å². The minimum Gasteiger partial charge on any atom is -0.444 e. The lowest BCUT2D eigenvalue weighted by atomic mass is 10.1. The Kier molecular flexibility index (Phi) is 5.76. The van der Waals surface area contributed by atoms with Crippen molar-refractivity contribution in [2.24, 2.45) is 0 Å². The Hall–Kier alpha value is -2.04. The van der Waals surface area contributed by atoms with Crippen LogP contribution in [-0.4, -0.2) is 23.6 Å². The van der Waals surface area contributed by atoms with Crippen LogP contribution in [0.15, 0.2) is 24.3 Å². The van der Waals surface area contributed by atoms with Crippen LogP contribution < -0.4 is 10.6 Å². The van der Waals surface area contributed by atoms with Crippen LogP contribution in [0.1, 0.15) is 38.8 Å². The molecule has 0 heterocycles. The van der Waals surface area contributed by atoms with Gasteiger partial charge < -0.3 is 15.4 Å². The highest BCUT2D eigenvalue weighted by atomic mass is 16.6. The van der Waals surface area contributed by atoms with Gasteiger partial charge in [0.25, 0.3) is 0 Å². The van der Waals surface area contributed by atoms with E-state index >= 15 is 0 Å². The van der Waals surface area contributed by atoms with E-state index in [0.29, 0.717) is 6.54 Å². The molecular weight excluding hydrogens is 268 g/mol. The van der Waals surface area contributed by atoms with Crippen molar-refractivity contribution in [1.29, 1.82) is 0 Å². The van der Waals surface area contributed by atoms with Crippen LogP contribution in [0.2, 0.25) is 0 Å². The van der Waals surface area contributed by atoms with Gasteiger partial charge in [0.1, 0.15) is 11.6 Å². The summed E-state index contributed by atoms with van der Waals surface area (Å²) in [6.45, 7) is 9.38. The molecule has 2 amide bonds. The van der Waals surface area contributed by atoms with Crippen LogP contribution in [0.5, 0.6) is 0 Å². The van der Waals surface area contributed by atoms with Gasteiger partial charge in [0, 0.05) is 6.54 Å². The molecule has 1 rings (SSSR count). The number of hydrogen-bond acceptors (Lipinski definition) is 3. The number of carbonyl (C=O) groups excluding carboxylic acids is 2. The molecule has 0 aliphatic rings. The number of alkyl carbamates (subject to hydrolysis) is 1. The summed E-state index contributed by atoms with van der Waals surface area (Å²) in [5.74, 6) is -0.249. The van der Waals surface area contributed by atoms with E-state index in [1.165, 1.54) is 5.56 Å². The zero-order valence-corrected chi connectivity index (χ0v) is 13.3. The largest absolute Gasteiger partial charge is 0.444 e. The summed E-state index contributed by atoms with van der Waals surface area (Å²) in [6, 6.07) is 7.25. The Morgan fingerprint density at radius 3 is 2.29 bits per heavy atom. The maximum atomic E-state index is 11.9. The van der Waals surface area contributed by atoms with Crippen molar-refractivity contribution in [2.75, 3.05) is 0 Å². The summed E-state index contributed by atoms with van der Waals surface area (Å²) in [4.78, 5) is 23.5. The molecule has 0 fully saturated rings. The second kappa shape index (κ2) is 7.11. The highest BCUT2D eigenvalue weighted by Crippen LogP contribution is 2.07. The molecule has 21 heavy (non-hydrogen) atoms. The van der Waals surface area contributed by atoms with E-state index in [9.17, 15) is 9.59 Å². The third kappa shape index (κ3) is 6.79. The Bertz CT molecular complexity index is 489. The maximum absolute atomic E-state index is 11.9. The summed E-state index contributed by atoms with van der Waals surface area (Å²) in [5.41, 5.74) is 1.60. The van der Waals surface area contributed by atoms with Gasteiger partial charge in [0.2, 0.25) is 5.91 Å². The molecule has 0 spiro atoms. The van der Waals surface area contributed by atoms with Gasteiger partial charge in [0.15, 0.2) is 0 Å². The van der Waals surface area contributed by atoms with Gasteiger partial charge in [-0.2, -0.15) is 0 Å².